The minimum Gasteiger partial charge on any atom is -0.356 e. The number of pyridine rings is 1. The number of likely N-dealkylation sites (tertiary alicyclic amines) is 1. The highest BCUT2D eigenvalue weighted by molar-refractivity contribution is 5.94. The Morgan fingerprint density at radius 2 is 1.78 bits per heavy atom. The first kappa shape index (κ1) is 18.9. The molecule has 0 atom stereocenters. The van der Waals surface area contributed by atoms with Crippen molar-refractivity contribution in [1.82, 2.24) is 14.8 Å². The van der Waals surface area contributed by atoms with Gasteiger partial charge in [0.15, 0.2) is 0 Å². The van der Waals surface area contributed by atoms with Gasteiger partial charge in [-0.25, -0.2) is 0 Å². The summed E-state index contributed by atoms with van der Waals surface area (Å²) >= 11 is 0. The Hall–Kier alpha value is -2.89. The Morgan fingerprint density at radius 1 is 1.07 bits per heavy atom. The minimum atomic E-state index is -0.134. The lowest BCUT2D eigenvalue weighted by atomic mass is 9.95. The van der Waals surface area contributed by atoms with Crippen molar-refractivity contribution in [2.24, 2.45) is 5.92 Å². The Kier molecular flexibility index (Phi) is 6.06. The lowest BCUT2D eigenvalue weighted by Gasteiger charge is -2.31. The van der Waals surface area contributed by atoms with Crippen LogP contribution in [0.3, 0.4) is 0 Å². The van der Waals surface area contributed by atoms with Gasteiger partial charge in [0.1, 0.15) is 0 Å². The van der Waals surface area contributed by atoms with Crippen LogP contribution in [0.25, 0.3) is 0 Å². The van der Waals surface area contributed by atoms with Crippen molar-refractivity contribution in [1.29, 1.82) is 0 Å². The summed E-state index contributed by atoms with van der Waals surface area (Å²) < 4.78 is 1.56. The molecular weight excluding hydrogens is 342 g/mol. The van der Waals surface area contributed by atoms with Gasteiger partial charge in [-0.2, -0.15) is 0 Å². The summed E-state index contributed by atoms with van der Waals surface area (Å²) in [6, 6.07) is 12.7. The Labute approximate surface area is 158 Å². The number of carbonyl (C=O) groups excluding carboxylic acids is 2. The van der Waals surface area contributed by atoms with Crippen LogP contribution in [0.2, 0.25) is 0 Å². The zero-order valence-corrected chi connectivity index (χ0v) is 15.6. The zero-order chi connectivity index (χ0) is 19.2. The van der Waals surface area contributed by atoms with E-state index < -0.39 is 0 Å². The highest BCUT2D eigenvalue weighted by atomic mass is 16.2. The lowest BCUT2D eigenvalue weighted by molar-refractivity contribution is -0.126. The monoisotopic (exact) mass is 367 g/mol. The molecule has 2 aromatic rings. The number of hydrogen-bond donors (Lipinski definition) is 1. The maximum atomic E-state index is 12.8. The van der Waals surface area contributed by atoms with Crippen LogP contribution in [0.1, 0.15) is 35.7 Å². The second-order valence-electron chi connectivity index (χ2n) is 6.83. The van der Waals surface area contributed by atoms with E-state index in [2.05, 4.69) is 5.32 Å². The molecule has 0 bridgehead atoms. The van der Waals surface area contributed by atoms with Crippen molar-refractivity contribution in [3.8, 4) is 0 Å². The Balaban J connectivity index is 1.68. The van der Waals surface area contributed by atoms with Gasteiger partial charge in [-0.05, 0) is 31.4 Å². The normalized spacial score (nSPS) is 14.8. The number of benzene rings is 1. The van der Waals surface area contributed by atoms with Crippen LogP contribution >= 0.6 is 0 Å². The lowest BCUT2D eigenvalue weighted by Crippen LogP contribution is -2.43. The van der Waals surface area contributed by atoms with Crippen molar-refractivity contribution in [2.75, 3.05) is 19.6 Å². The van der Waals surface area contributed by atoms with E-state index in [9.17, 15) is 14.4 Å². The molecule has 1 saturated heterocycles. The molecule has 2 amide bonds. The van der Waals surface area contributed by atoms with Crippen molar-refractivity contribution in [2.45, 2.75) is 26.3 Å². The Bertz CT molecular complexity index is 852. The zero-order valence-electron chi connectivity index (χ0n) is 15.6. The second-order valence-corrected chi connectivity index (χ2v) is 6.83. The molecule has 6 nitrogen and oxygen atoms in total. The van der Waals surface area contributed by atoms with Crippen LogP contribution in [0.4, 0.5) is 0 Å². The highest BCUT2D eigenvalue weighted by Crippen LogP contribution is 2.19. The molecule has 1 fully saturated rings. The first-order chi connectivity index (χ1) is 13.1. The molecule has 0 unspecified atom stereocenters. The minimum absolute atomic E-state index is 0.0268. The van der Waals surface area contributed by atoms with Gasteiger partial charge in [0.05, 0.1) is 12.1 Å². The maximum absolute atomic E-state index is 12.8. The quantitative estimate of drug-likeness (QED) is 0.877. The third kappa shape index (κ3) is 4.64. The van der Waals surface area contributed by atoms with E-state index in [4.69, 9.17) is 0 Å². The summed E-state index contributed by atoms with van der Waals surface area (Å²) in [5, 5.41) is 2.85. The van der Waals surface area contributed by atoms with Crippen molar-refractivity contribution >= 4 is 11.8 Å². The topological polar surface area (TPSA) is 71.4 Å². The number of piperidine rings is 1. The van der Waals surface area contributed by atoms with Gasteiger partial charge in [-0.3, -0.25) is 14.4 Å². The molecule has 0 aliphatic carbocycles. The van der Waals surface area contributed by atoms with E-state index >= 15 is 0 Å². The van der Waals surface area contributed by atoms with Gasteiger partial charge >= 0.3 is 0 Å². The van der Waals surface area contributed by atoms with Crippen LogP contribution in [0.5, 0.6) is 0 Å². The average Bonchev–Trinajstić information content (AvgIpc) is 2.70. The molecule has 1 N–H and O–H groups in total. The van der Waals surface area contributed by atoms with Crippen molar-refractivity contribution in [3.05, 3.63) is 70.1 Å². The number of rotatable bonds is 5. The van der Waals surface area contributed by atoms with Crippen molar-refractivity contribution in [3.63, 3.8) is 0 Å². The molecule has 142 valence electrons. The summed E-state index contributed by atoms with van der Waals surface area (Å²) in [6.07, 6.45) is 2.97. The van der Waals surface area contributed by atoms with E-state index in [1.54, 1.807) is 21.7 Å². The van der Waals surface area contributed by atoms with Crippen LogP contribution in [-0.4, -0.2) is 40.9 Å². The van der Waals surface area contributed by atoms with E-state index in [-0.39, 0.29) is 23.3 Å². The van der Waals surface area contributed by atoms with Crippen LogP contribution < -0.4 is 10.9 Å². The molecule has 1 aliphatic heterocycles. The molecule has 6 heteroatoms. The molecule has 1 aliphatic rings. The average molecular weight is 367 g/mol. The van der Waals surface area contributed by atoms with Gasteiger partial charge in [0.2, 0.25) is 5.91 Å². The molecule has 27 heavy (non-hydrogen) atoms. The van der Waals surface area contributed by atoms with Gasteiger partial charge in [-0.15, -0.1) is 0 Å². The fourth-order valence-corrected chi connectivity index (χ4v) is 3.41. The summed E-state index contributed by atoms with van der Waals surface area (Å²) in [5.74, 6) is -0.0480. The highest BCUT2D eigenvalue weighted by Gasteiger charge is 2.27. The molecule has 0 saturated carbocycles. The van der Waals surface area contributed by atoms with E-state index in [0.717, 1.165) is 5.56 Å². The molecular formula is C21H25N3O3. The van der Waals surface area contributed by atoms with E-state index in [0.29, 0.717) is 44.6 Å². The predicted molar refractivity (Wildman–Crippen MR) is 104 cm³/mol. The largest absolute Gasteiger partial charge is 0.356 e. The van der Waals surface area contributed by atoms with Gasteiger partial charge in [0.25, 0.3) is 11.5 Å². The summed E-state index contributed by atoms with van der Waals surface area (Å²) in [6.45, 7) is 4.07. The number of carbonyl (C=O) groups is 2. The third-order valence-electron chi connectivity index (χ3n) is 4.93. The fraction of sp³-hybridized carbons (Fsp3) is 0.381. The summed E-state index contributed by atoms with van der Waals surface area (Å²) in [4.78, 5) is 38.7. The maximum Gasteiger partial charge on any atom is 0.255 e. The fourth-order valence-electron chi connectivity index (χ4n) is 3.41. The smallest absolute Gasteiger partial charge is 0.255 e. The van der Waals surface area contributed by atoms with Gasteiger partial charge < -0.3 is 14.8 Å². The molecule has 1 aromatic heterocycles. The molecule has 2 heterocycles. The number of aromatic nitrogens is 1. The van der Waals surface area contributed by atoms with Crippen LogP contribution in [0.15, 0.2) is 53.5 Å². The SMILES string of the molecule is CCNC(=O)C1CCN(C(=O)c2ccc(=O)n(Cc3ccccc3)c2)CC1. The number of nitrogens with one attached hydrogen (secondary N) is 1. The third-order valence-corrected chi connectivity index (χ3v) is 4.93. The van der Waals surface area contributed by atoms with Crippen LogP contribution in [-0.2, 0) is 11.3 Å². The molecule has 1 aromatic carbocycles. The van der Waals surface area contributed by atoms with Crippen molar-refractivity contribution < 1.29 is 9.59 Å². The summed E-state index contributed by atoms with van der Waals surface area (Å²) in [7, 11) is 0. The van der Waals surface area contributed by atoms with Gasteiger partial charge in [-0.1, -0.05) is 30.3 Å². The Morgan fingerprint density at radius 3 is 2.44 bits per heavy atom. The number of hydrogen-bond acceptors (Lipinski definition) is 3. The second kappa shape index (κ2) is 8.66. The van der Waals surface area contributed by atoms with E-state index in [1.807, 2.05) is 37.3 Å². The molecule has 3 rings (SSSR count). The standard InChI is InChI=1S/C21H25N3O3/c1-2-22-20(26)17-10-12-23(13-11-17)21(27)18-8-9-19(25)24(15-18)14-16-6-4-3-5-7-16/h3-9,15,17H,2,10-14H2,1H3,(H,22,26). The van der Waals surface area contributed by atoms with Crippen LogP contribution in [0, 0.1) is 5.92 Å². The molecule has 0 radical (unpaired) electrons. The first-order valence-electron chi connectivity index (χ1n) is 9.40. The number of amides is 2. The summed E-state index contributed by atoms with van der Waals surface area (Å²) in [5.41, 5.74) is 1.37. The van der Waals surface area contributed by atoms with Gasteiger partial charge in [0, 0.05) is 37.8 Å². The van der Waals surface area contributed by atoms with E-state index in [1.165, 1.54) is 6.07 Å². The predicted octanol–water partition coefficient (Wildman–Crippen LogP) is 1.88. The first-order valence-corrected chi connectivity index (χ1v) is 9.40. The molecule has 0 spiro atoms. The number of nitrogens with zero attached hydrogens (tertiary/aromatic N) is 2.